The van der Waals surface area contributed by atoms with Gasteiger partial charge in [0.25, 0.3) is 5.69 Å². The van der Waals surface area contributed by atoms with E-state index >= 15 is 0 Å². The first kappa shape index (κ1) is 18.9. The predicted molar refractivity (Wildman–Crippen MR) is 116 cm³/mol. The maximum Gasteiger partial charge on any atom is 0.270 e. The van der Waals surface area contributed by atoms with Gasteiger partial charge in [0.05, 0.1) is 4.92 Å². The fourth-order valence-electron chi connectivity index (χ4n) is 3.58. The third-order valence-electron chi connectivity index (χ3n) is 5.03. The number of ether oxygens (including phenoxy) is 1. The average molecular weight is 386 g/mol. The van der Waals surface area contributed by atoms with Gasteiger partial charge in [-0.1, -0.05) is 42.5 Å². The van der Waals surface area contributed by atoms with E-state index in [1.54, 1.807) is 12.1 Å². The lowest BCUT2D eigenvalue weighted by atomic mass is 10.0. The molecule has 0 aliphatic heterocycles. The smallest absolute Gasteiger partial charge is 0.270 e. The topological polar surface area (TPSA) is 55.6 Å². The summed E-state index contributed by atoms with van der Waals surface area (Å²) in [6.45, 7) is 1.41. The minimum Gasteiger partial charge on any atom is -0.492 e. The molecule has 0 unspecified atom stereocenters. The average Bonchev–Trinajstić information content (AvgIpc) is 3.02. The zero-order valence-electron chi connectivity index (χ0n) is 16.5. The molecule has 3 aromatic carbocycles. The second-order valence-corrected chi connectivity index (χ2v) is 7.28. The van der Waals surface area contributed by atoms with Crippen LogP contribution in [0.5, 0.6) is 5.75 Å². The fraction of sp³-hybridized carbons (Fsp3) is 0.167. The highest BCUT2D eigenvalue weighted by molar-refractivity contribution is 6.07. The number of hydrogen-bond donors (Lipinski definition) is 0. The van der Waals surface area contributed by atoms with Crippen molar-refractivity contribution in [2.45, 2.75) is 0 Å². The van der Waals surface area contributed by atoms with Crippen molar-refractivity contribution < 1.29 is 9.66 Å². The Morgan fingerprint density at radius 2 is 1.62 bits per heavy atom. The van der Waals surface area contributed by atoms with Crippen LogP contribution in [0.3, 0.4) is 0 Å². The number of nitro benzene ring substituents is 1. The molecule has 4 rings (SSSR count). The highest BCUT2D eigenvalue weighted by atomic mass is 16.6. The van der Waals surface area contributed by atoms with Gasteiger partial charge in [0, 0.05) is 24.2 Å². The van der Waals surface area contributed by atoms with Crippen LogP contribution in [0.15, 0.2) is 66.7 Å². The highest BCUT2D eigenvalue weighted by Gasteiger charge is 2.25. The van der Waals surface area contributed by atoms with Gasteiger partial charge in [-0.15, -0.1) is 0 Å². The van der Waals surface area contributed by atoms with E-state index in [2.05, 4.69) is 23.1 Å². The van der Waals surface area contributed by atoms with Crippen LogP contribution in [0.4, 0.5) is 5.69 Å². The van der Waals surface area contributed by atoms with E-state index in [0.29, 0.717) is 6.61 Å². The first-order chi connectivity index (χ1) is 14.0. The van der Waals surface area contributed by atoms with Gasteiger partial charge in [0.15, 0.2) is 0 Å². The second-order valence-electron chi connectivity index (χ2n) is 7.28. The highest BCUT2D eigenvalue weighted by Crippen LogP contribution is 2.46. The molecule has 0 heterocycles. The maximum atomic E-state index is 11.3. The number of likely N-dealkylation sites (N-methyl/N-ethyl adjacent to an activating group) is 1. The van der Waals surface area contributed by atoms with Crippen molar-refractivity contribution in [1.82, 2.24) is 4.90 Å². The summed E-state index contributed by atoms with van der Waals surface area (Å²) >= 11 is 0. The molecule has 0 fully saturated rings. The molecule has 0 spiro atoms. The SMILES string of the molecule is CN(C)CCOc1ccccc1C=C1c2ccccc2-c2ccc([N+](=O)[O-])cc21. The van der Waals surface area contributed by atoms with Crippen LogP contribution < -0.4 is 4.74 Å². The zero-order chi connectivity index (χ0) is 20.4. The Balaban J connectivity index is 1.80. The van der Waals surface area contributed by atoms with Crippen molar-refractivity contribution in [1.29, 1.82) is 0 Å². The molecule has 0 saturated heterocycles. The molecule has 0 amide bonds. The summed E-state index contributed by atoms with van der Waals surface area (Å²) in [6.07, 6.45) is 2.07. The van der Waals surface area contributed by atoms with Gasteiger partial charge in [0.1, 0.15) is 12.4 Å². The standard InChI is InChI=1S/C24H22N2O3/c1-25(2)13-14-29-24-10-6-3-7-17(24)15-22-20-9-5-4-8-19(20)21-12-11-18(26(27)28)16-23(21)22/h3-12,15-16H,13-14H2,1-2H3. The summed E-state index contributed by atoms with van der Waals surface area (Å²) < 4.78 is 6.00. The Labute approximate surface area is 170 Å². The number of fused-ring (bicyclic) bond motifs is 3. The van der Waals surface area contributed by atoms with E-state index in [0.717, 1.165) is 45.7 Å². The van der Waals surface area contributed by atoms with E-state index in [1.165, 1.54) is 0 Å². The lowest BCUT2D eigenvalue weighted by Gasteiger charge is -2.13. The summed E-state index contributed by atoms with van der Waals surface area (Å²) in [6, 6.07) is 21.1. The van der Waals surface area contributed by atoms with Gasteiger partial charge >= 0.3 is 0 Å². The van der Waals surface area contributed by atoms with Crippen molar-refractivity contribution in [3.63, 3.8) is 0 Å². The van der Waals surface area contributed by atoms with Crippen LogP contribution in [0.25, 0.3) is 22.8 Å². The normalized spacial score (nSPS) is 13.4. The molecular formula is C24H22N2O3. The van der Waals surface area contributed by atoms with Crippen LogP contribution in [0.1, 0.15) is 16.7 Å². The number of benzene rings is 3. The largest absolute Gasteiger partial charge is 0.492 e. The first-order valence-corrected chi connectivity index (χ1v) is 9.51. The van der Waals surface area contributed by atoms with E-state index in [1.807, 2.05) is 56.6 Å². The lowest BCUT2D eigenvalue weighted by molar-refractivity contribution is -0.384. The Hall–Kier alpha value is -3.44. The van der Waals surface area contributed by atoms with Crippen LogP contribution in [0, 0.1) is 10.1 Å². The molecule has 3 aromatic rings. The Morgan fingerprint density at radius 1 is 0.931 bits per heavy atom. The van der Waals surface area contributed by atoms with Crippen LogP contribution in [-0.4, -0.2) is 37.1 Å². The number of hydrogen-bond acceptors (Lipinski definition) is 4. The second kappa shape index (κ2) is 7.89. The summed E-state index contributed by atoms with van der Waals surface area (Å²) in [5, 5.41) is 11.3. The van der Waals surface area contributed by atoms with Gasteiger partial charge in [-0.2, -0.15) is 0 Å². The van der Waals surface area contributed by atoms with Crippen molar-refractivity contribution in [3.8, 4) is 16.9 Å². The van der Waals surface area contributed by atoms with Crippen molar-refractivity contribution in [2.24, 2.45) is 0 Å². The molecule has 0 radical (unpaired) electrons. The van der Waals surface area contributed by atoms with Gasteiger partial charge in [-0.25, -0.2) is 0 Å². The van der Waals surface area contributed by atoms with Crippen LogP contribution in [-0.2, 0) is 0 Å². The molecular weight excluding hydrogens is 364 g/mol. The van der Waals surface area contributed by atoms with E-state index < -0.39 is 0 Å². The molecule has 146 valence electrons. The van der Waals surface area contributed by atoms with Crippen LogP contribution in [0.2, 0.25) is 0 Å². The molecule has 0 N–H and O–H groups in total. The number of nitro groups is 1. The molecule has 0 atom stereocenters. The van der Waals surface area contributed by atoms with E-state index in [9.17, 15) is 10.1 Å². The minimum atomic E-state index is -0.348. The van der Waals surface area contributed by atoms with Crippen molar-refractivity contribution >= 4 is 17.3 Å². The number of non-ortho nitro benzene ring substituents is 1. The van der Waals surface area contributed by atoms with Gasteiger partial charge < -0.3 is 9.64 Å². The summed E-state index contributed by atoms with van der Waals surface area (Å²) in [5.74, 6) is 0.804. The molecule has 0 bridgehead atoms. The van der Waals surface area contributed by atoms with Gasteiger partial charge in [-0.3, -0.25) is 10.1 Å². The monoisotopic (exact) mass is 386 g/mol. The number of nitrogens with zero attached hydrogens (tertiary/aromatic N) is 2. The third-order valence-corrected chi connectivity index (χ3v) is 5.03. The Morgan fingerprint density at radius 3 is 2.38 bits per heavy atom. The molecule has 29 heavy (non-hydrogen) atoms. The third kappa shape index (κ3) is 3.77. The number of para-hydroxylation sites is 1. The molecule has 1 aliphatic rings. The maximum absolute atomic E-state index is 11.3. The number of rotatable bonds is 6. The molecule has 5 nitrogen and oxygen atoms in total. The van der Waals surface area contributed by atoms with E-state index in [-0.39, 0.29) is 10.6 Å². The minimum absolute atomic E-state index is 0.0953. The van der Waals surface area contributed by atoms with Crippen LogP contribution >= 0.6 is 0 Å². The fourth-order valence-corrected chi connectivity index (χ4v) is 3.58. The summed E-state index contributed by atoms with van der Waals surface area (Å²) in [5.41, 5.74) is 6.09. The Bertz CT molecular complexity index is 1100. The van der Waals surface area contributed by atoms with E-state index in [4.69, 9.17) is 4.74 Å². The van der Waals surface area contributed by atoms with Gasteiger partial charge in [0.2, 0.25) is 0 Å². The molecule has 1 aliphatic carbocycles. The van der Waals surface area contributed by atoms with Gasteiger partial charge in [-0.05, 0) is 60.1 Å². The summed E-state index contributed by atoms with van der Waals surface area (Å²) in [4.78, 5) is 13.1. The molecule has 0 aromatic heterocycles. The predicted octanol–water partition coefficient (Wildman–Crippen LogP) is 5.10. The Kier molecular flexibility index (Phi) is 5.14. The molecule has 5 heteroatoms. The molecule has 0 saturated carbocycles. The quantitative estimate of drug-likeness (QED) is 0.342. The summed E-state index contributed by atoms with van der Waals surface area (Å²) in [7, 11) is 4.02. The first-order valence-electron chi connectivity index (χ1n) is 9.51. The van der Waals surface area contributed by atoms with Crippen molar-refractivity contribution in [3.05, 3.63) is 93.5 Å². The lowest BCUT2D eigenvalue weighted by Crippen LogP contribution is -2.19. The van der Waals surface area contributed by atoms with Crippen molar-refractivity contribution in [2.75, 3.05) is 27.2 Å². The zero-order valence-corrected chi connectivity index (χ0v) is 16.5.